The Morgan fingerprint density at radius 3 is 2.62 bits per heavy atom. The number of likely N-dealkylation sites (tertiary alicyclic amines) is 1. The monoisotopic (exact) mass is 319 g/mol. The Labute approximate surface area is 124 Å². The normalized spacial score (nSPS) is 36.3. The molecule has 0 radical (unpaired) electrons. The predicted octanol–water partition coefficient (Wildman–Crippen LogP) is 0.787. The maximum absolute atomic E-state index is 12.8. The Kier molecular flexibility index (Phi) is 3.76. The zero-order valence-corrected chi connectivity index (χ0v) is 13.1. The number of hydrogen-bond donors (Lipinski definition) is 0. The topological polar surface area (TPSA) is 63.7 Å². The van der Waals surface area contributed by atoms with E-state index in [1.807, 2.05) is 6.92 Å². The lowest BCUT2D eigenvalue weighted by Crippen LogP contribution is -2.70. The van der Waals surface area contributed by atoms with Gasteiger partial charge in [-0.3, -0.25) is 4.79 Å². The molecular formula is C14H22FNO4S. The molecule has 0 bridgehead atoms. The zero-order chi connectivity index (χ0) is 15.3. The van der Waals surface area contributed by atoms with Crippen LogP contribution in [0.3, 0.4) is 0 Å². The molecule has 3 fully saturated rings. The maximum atomic E-state index is 12.8. The second-order valence-corrected chi connectivity index (χ2v) is 8.94. The molecule has 0 aromatic heterocycles. The molecule has 2 saturated heterocycles. The number of carbonyl (C=O) groups excluding carboxylic acids is 1. The van der Waals surface area contributed by atoms with Crippen molar-refractivity contribution in [2.75, 3.05) is 32.1 Å². The number of hydrogen-bond acceptors (Lipinski definition) is 4. The van der Waals surface area contributed by atoms with Crippen LogP contribution in [0.25, 0.3) is 0 Å². The van der Waals surface area contributed by atoms with Crippen LogP contribution in [0, 0.1) is 11.8 Å². The molecule has 0 N–H and O–H groups in total. The van der Waals surface area contributed by atoms with Crippen molar-refractivity contribution in [3.63, 3.8) is 0 Å². The summed E-state index contributed by atoms with van der Waals surface area (Å²) in [6, 6.07) is 0. The molecule has 1 atom stereocenters. The largest absolute Gasteiger partial charge is 0.381 e. The molecule has 120 valence electrons. The molecule has 2 aliphatic heterocycles. The number of carbonyl (C=O) groups is 1. The molecule has 3 rings (SSSR count). The number of halogens is 1. The lowest BCUT2D eigenvalue weighted by Gasteiger charge is -2.51. The van der Waals surface area contributed by atoms with Crippen LogP contribution >= 0.6 is 0 Å². The van der Waals surface area contributed by atoms with Gasteiger partial charge in [-0.2, -0.15) is 0 Å². The van der Waals surface area contributed by atoms with Gasteiger partial charge in [-0.15, -0.1) is 0 Å². The van der Waals surface area contributed by atoms with Crippen LogP contribution in [-0.4, -0.2) is 62.2 Å². The van der Waals surface area contributed by atoms with E-state index >= 15 is 0 Å². The third kappa shape index (κ3) is 2.29. The summed E-state index contributed by atoms with van der Waals surface area (Å²) in [6.45, 7) is 3.42. The summed E-state index contributed by atoms with van der Waals surface area (Å²) in [6.07, 6.45) is 0.324. The van der Waals surface area contributed by atoms with Crippen LogP contribution in [0.1, 0.15) is 26.2 Å². The number of rotatable bonds is 4. The smallest absolute Gasteiger partial charge is 0.226 e. The summed E-state index contributed by atoms with van der Waals surface area (Å²) in [5.41, 5.74) is 0. The Bertz CT molecular complexity index is 523. The van der Waals surface area contributed by atoms with Crippen molar-refractivity contribution >= 4 is 15.7 Å². The van der Waals surface area contributed by atoms with Gasteiger partial charge in [0.15, 0.2) is 9.84 Å². The molecule has 2 heterocycles. The molecule has 1 aliphatic carbocycles. The van der Waals surface area contributed by atoms with E-state index in [1.54, 1.807) is 4.90 Å². The first kappa shape index (κ1) is 15.2. The average Bonchev–Trinajstić information content (AvgIpc) is 2.61. The molecule has 0 aromatic carbocycles. The molecule has 5 nitrogen and oxygen atoms in total. The molecular weight excluding hydrogens is 297 g/mol. The highest BCUT2D eigenvalue weighted by Crippen LogP contribution is 2.46. The van der Waals surface area contributed by atoms with Crippen molar-refractivity contribution < 1.29 is 22.3 Å². The Hall–Kier alpha value is -0.690. The lowest BCUT2D eigenvalue weighted by molar-refractivity contribution is -0.147. The fraction of sp³-hybridized carbons (Fsp3) is 0.929. The second-order valence-electron chi connectivity index (χ2n) is 6.49. The first-order chi connectivity index (χ1) is 9.89. The van der Waals surface area contributed by atoms with Gasteiger partial charge in [0, 0.05) is 31.5 Å². The van der Waals surface area contributed by atoms with Gasteiger partial charge in [-0.1, -0.05) is 0 Å². The molecule has 1 saturated carbocycles. The van der Waals surface area contributed by atoms with Gasteiger partial charge in [0.1, 0.15) is 10.9 Å². The standard InChI is InChI=1S/C14H22FNO4S/c1-2-20-7-11-3-4-21(18,19)14(11)8-16(9-14)13(17)10-5-12(15)6-10/h10-12H,2-9H2,1H3. The SMILES string of the molecule is CCOCC1CCS(=O)(=O)C12CN(C(=O)C1CC(F)C1)C2. The third-order valence-electron chi connectivity index (χ3n) is 5.28. The Balaban J connectivity index is 1.66. The van der Waals surface area contributed by atoms with Crippen molar-refractivity contribution in [3.05, 3.63) is 0 Å². The number of sulfone groups is 1. The molecule has 21 heavy (non-hydrogen) atoms. The van der Waals surface area contributed by atoms with Gasteiger partial charge in [0.2, 0.25) is 5.91 Å². The summed E-state index contributed by atoms with van der Waals surface area (Å²) >= 11 is 0. The van der Waals surface area contributed by atoms with Crippen LogP contribution in [0.15, 0.2) is 0 Å². The quantitative estimate of drug-likeness (QED) is 0.768. The summed E-state index contributed by atoms with van der Waals surface area (Å²) in [7, 11) is -3.17. The molecule has 3 aliphatic rings. The van der Waals surface area contributed by atoms with E-state index in [2.05, 4.69) is 0 Å². The van der Waals surface area contributed by atoms with Crippen molar-refractivity contribution in [2.24, 2.45) is 11.8 Å². The summed E-state index contributed by atoms with van der Waals surface area (Å²) in [5.74, 6) is -0.164. The Morgan fingerprint density at radius 2 is 2.05 bits per heavy atom. The van der Waals surface area contributed by atoms with Crippen LogP contribution < -0.4 is 0 Å². The van der Waals surface area contributed by atoms with Crippen LogP contribution in [-0.2, 0) is 19.4 Å². The van der Waals surface area contributed by atoms with Gasteiger partial charge in [-0.25, -0.2) is 12.8 Å². The average molecular weight is 319 g/mol. The van der Waals surface area contributed by atoms with E-state index in [9.17, 15) is 17.6 Å². The minimum atomic E-state index is -3.17. The molecule has 7 heteroatoms. The fourth-order valence-corrected chi connectivity index (χ4v) is 6.13. The van der Waals surface area contributed by atoms with Crippen LogP contribution in [0.5, 0.6) is 0 Å². The number of ether oxygens (including phenoxy) is 1. The zero-order valence-electron chi connectivity index (χ0n) is 12.3. The van der Waals surface area contributed by atoms with Crippen molar-refractivity contribution in [1.29, 1.82) is 0 Å². The fourth-order valence-electron chi connectivity index (χ4n) is 3.73. The molecule has 1 spiro atoms. The number of nitrogens with zero attached hydrogens (tertiary/aromatic N) is 1. The van der Waals surface area contributed by atoms with Gasteiger partial charge in [-0.05, 0) is 26.2 Å². The third-order valence-corrected chi connectivity index (χ3v) is 7.88. The van der Waals surface area contributed by atoms with Crippen LogP contribution in [0.2, 0.25) is 0 Å². The number of alkyl halides is 1. The highest BCUT2D eigenvalue weighted by molar-refractivity contribution is 7.93. The summed E-state index contributed by atoms with van der Waals surface area (Å²) in [4.78, 5) is 13.8. The number of amides is 1. The van der Waals surface area contributed by atoms with Gasteiger partial charge in [0.05, 0.1) is 12.4 Å². The van der Waals surface area contributed by atoms with Crippen molar-refractivity contribution in [2.45, 2.75) is 37.1 Å². The lowest BCUT2D eigenvalue weighted by atomic mass is 9.79. The van der Waals surface area contributed by atoms with Gasteiger partial charge in [0.25, 0.3) is 0 Å². The van der Waals surface area contributed by atoms with E-state index in [1.165, 1.54) is 0 Å². The van der Waals surface area contributed by atoms with Gasteiger partial charge >= 0.3 is 0 Å². The van der Waals surface area contributed by atoms with E-state index < -0.39 is 20.8 Å². The van der Waals surface area contributed by atoms with Crippen molar-refractivity contribution in [1.82, 2.24) is 4.90 Å². The second kappa shape index (κ2) is 5.19. The highest BCUT2D eigenvalue weighted by atomic mass is 32.2. The molecule has 0 aromatic rings. The molecule has 1 amide bonds. The first-order valence-corrected chi connectivity index (χ1v) is 9.28. The van der Waals surface area contributed by atoms with E-state index in [0.29, 0.717) is 19.6 Å². The summed E-state index contributed by atoms with van der Waals surface area (Å²) in [5, 5.41) is 0. The van der Waals surface area contributed by atoms with Crippen LogP contribution in [0.4, 0.5) is 4.39 Å². The minimum absolute atomic E-state index is 0.0261. The Morgan fingerprint density at radius 1 is 1.38 bits per heavy atom. The maximum Gasteiger partial charge on any atom is 0.226 e. The minimum Gasteiger partial charge on any atom is -0.381 e. The summed E-state index contributed by atoms with van der Waals surface area (Å²) < 4.78 is 42.2. The highest BCUT2D eigenvalue weighted by Gasteiger charge is 2.63. The molecule has 1 unspecified atom stereocenters. The first-order valence-electron chi connectivity index (χ1n) is 7.62. The van der Waals surface area contributed by atoms with Gasteiger partial charge < -0.3 is 9.64 Å². The van der Waals surface area contributed by atoms with Crippen molar-refractivity contribution in [3.8, 4) is 0 Å². The van der Waals surface area contributed by atoms with E-state index in [0.717, 1.165) is 0 Å². The predicted molar refractivity (Wildman–Crippen MR) is 75.3 cm³/mol. The van der Waals surface area contributed by atoms with E-state index in [-0.39, 0.29) is 49.4 Å². The van der Waals surface area contributed by atoms with E-state index in [4.69, 9.17) is 4.74 Å².